The van der Waals surface area contributed by atoms with Crippen molar-refractivity contribution >= 4 is 17.2 Å². The predicted octanol–water partition coefficient (Wildman–Crippen LogP) is 4.96. The van der Waals surface area contributed by atoms with Gasteiger partial charge < -0.3 is 20.3 Å². The summed E-state index contributed by atoms with van der Waals surface area (Å²) in [5.41, 5.74) is 4.22. The Morgan fingerprint density at radius 2 is 1.87 bits per heavy atom. The lowest BCUT2D eigenvalue weighted by atomic mass is 9.99. The van der Waals surface area contributed by atoms with Gasteiger partial charge >= 0.3 is 0 Å². The zero-order valence-electron chi connectivity index (χ0n) is 25.3. The molecule has 2 N–H and O–H groups in total. The molecule has 0 amide bonds. The van der Waals surface area contributed by atoms with Crippen LogP contribution in [0.4, 0.5) is 15.8 Å². The molecule has 0 saturated carbocycles. The number of benzene rings is 3. The number of nitrogens with zero attached hydrogens (tertiary/aromatic N) is 4. The van der Waals surface area contributed by atoms with Gasteiger partial charge in [-0.3, -0.25) is 14.2 Å². The fraction of sp³-hybridized carbons (Fsp3) is 0.257. The summed E-state index contributed by atoms with van der Waals surface area (Å²) in [6, 6.07) is 20.1. The number of aromatic nitrogens is 2. The number of ketones is 1. The molecular weight excluding hydrogens is 571 g/mol. The Kier molecular flexibility index (Phi) is 10.1. The maximum Gasteiger partial charge on any atom is 0.277 e. The maximum atomic E-state index is 14.1. The zero-order chi connectivity index (χ0) is 31.8. The highest BCUT2D eigenvalue weighted by molar-refractivity contribution is 6.09. The van der Waals surface area contributed by atoms with E-state index in [2.05, 4.69) is 21.6 Å². The lowest BCUT2D eigenvalue weighted by Gasteiger charge is -2.29. The summed E-state index contributed by atoms with van der Waals surface area (Å²) in [6.45, 7) is 5.08. The number of halogens is 1. The number of allylic oxidation sites excluding steroid dienone is 1. The third kappa shape index (κ3) is 7.52. The van der Waals surface area contributed by atoms with E-state index in [1.54, 1.807) is 28.8 Å². The van der Waals surface area contributed by atoms with Gasteiger partial charge in [-0.05, 0) is 73.6 Å². The number of morpholine rings is 1. The van der Waals surface area contributed by atoms with Gasteiger partial charge in [0.15, 0.2) is 5.78 Å². The molecule has 3 aromatic carbocycles. The number of anilines is 2. The Morgan fingerprint density at radius 3 is 2.58 bits per heavy atom. The van der Waals surface area contributed by atoms with Crippen molar-refractivity contribution in [2.75, 3.05) is 50.1 Å². The monoisotopic (exact) mass is 606 g/mol. The van der Waals surface area contributed by atoms with E-state index in [0.29, 0.717) is 72.2 Å². The van der Waals surface area contributed by atoms with E-state index < -0.39 is 5.82 Å². The zero-order valence-corrected chi connectivity index (χ0v) is 25.3. The van der Waals surface area contributed by atoms with E-state index in [4.69, 9.17) is 9.72 Å². The summed E-state index contributed by atoms with van der Waals surface area (Å²) in [4.78, 5) is 34.6. The van der Waals surface area contributed by atoms with Crippen LogP contribution in [0.2, 0.25) is 0 Å². The summed E-state index contributed by atoms with van der Waals surface area (Å²) in [5, 5.41) is 15.9. The Balaban J connectivity index is 1.63. The standard InChI is InChI=1S/C35H35FN6O3/c1-3-5-30(21-38-2)40-32-22-39-34(27-7-4-6-24(16-27)20-37)42(35(32)44)23-25-17-28(33(43)26-8-10-29(36)11-9-26)19-31(18-25)41-12-14-45-15-13-41/h4-11,16-19,22,38,40H,3,12-15,21,23H2,1-2H3. The van der Waals surface area contributed by atoms with Crippen LogP contribution < -0.4 is 21.1 Å². The van der Waals surface area contributed by atoms with Crippen molar-refractivity contribution in [1.29, 1.82) is 5.26 Å². The third-order valence-electron chi connectivity index (χ3n) is 7.47. The van der Waals surface area contributed by atoms with Crippen molar-refractivity contribution in [3.8, 4) is 17.5 Å². The molecule has 0 radical (unpaired) electrons. The molecule has 0 unspecified atom stereocenters. The largest absolute Gasteiger partial charge is 0.378 e. The summed E-state index contributed by atoms with van der Waals surface area (Å²) in [5.74, 6) is -0.287. The fourth-order valence-corrected chi connectivity index (χ4v) is 5.31. The summed E-state index contributed by atoms with van der Waals surface area (Å²) < 4.78 is 20.7. The SMILES string of the molecule is CCC=C(CNC)Nc1cnc(-c2cccc(C#N)c2)n(Cc2cc(C(=O)c3ccc(F)cc3)cc(N3CCOCC3)c2)c1=O. The number of nitriles is 1. The van der Waals surface area contributed by atoms with Crippen molar-refractivity contribution in [2.24, 2.45) is 0 Å². The van der Waals surface area contributed by atoms with E-state index in [1.165, 1.54) is 30.5 Å². The van der Waals surface area contributed by atoms with Crippen LogP contribution in [0.5, 0.6) is 0 Å². The highest BCUT2D eigenvalue weighted by atomic mass is 19.1. The molecule has 1 aliphatic heterocycles. The highest BCUT2D eigenvalue weighted by Gasteiger charge is 2.19. The van der Waals surface area contributed by atoms with Crippen molar-refractivity contribution < 1.29 is 13.9 Å². The number of nitrogens with one attached hydrogen (secondary N) is 2. The van der Waals surface area contributed by atoms with Gasteiger partial charge in [0.2, 0.25) is 0 Å². The smallest absolute Gasteiger partial charge is 0.277 e. The molecular formula is C35H35FN6O3. The summed E-state index contributed by atoms with van der Waals surface area (Å²) in [7, 11) is 1.83. The van der Waals surface area contributed by atoms with Gasteiger partial charge in [0.1, 0.15) is 17.3 Å². The topological polar surface area (TPSA) is 112 Å². The number of hydrogen-bond acceptors (Lipinski definition) is 8. The predicted molar refractivity (Wildman–Crippen MR) is 173 cm³/mol. The van der Waals surface area contributed by atoms with Crippen LogP contribution in [-0.4, -0.2) is 55.2 Å². The third-order valence-corrected chi connectivity index (χ3v) is 7.47. The van der Waals surface area contributed by atoms with Crippen molar-refractivity contribution in [3.63, 3.8) is 0 Å². The van der Waals surface area contributed by atoms with Crippen LogP contribution >= 0.6 is 0 Å². The van der Waals surface area contributed by atoms with Gasteiger partial charge in [0, 0.05) is 47.7 Å². The first-order chi connectivity index (χ1) is 21.9. The Labute approximate surface area is 261 Å². The minimum Gasteiger partial charge on any atom is -0.378 e. The van der Waals surface area contributed by atoms with Crippen LogP contribution in [0.3, 0.4) is 0 Å². The van der Waals surface area contributed by atoms with Crippen molar-refractivity contribution in [1.82, 2.24) is 14.9 Å². The number of rotatable bonds is 11. The molecule has 45 heavy (non-hydrogen) atoms. The quantitative estimate of drug-likeness (QED) is 0.231. The molecule has 0 bridgehead atoms. The van der Waals surface area contributed by atoms with Crippen molar-refractivity contribution in [3.05, 3.63) is 123 Å². The molecule has 9 nitrogen and oxygen atoms in total. The molecule has 1 saturated heterocycles. The fourth-order valence-electron chi connectivity index (χ4n) is 5.31. The first kappa shape index (κ1) is 31.3. The molecule has 0 atom stereocenters. The summed E-state index contributed by atoms with van der Waals surface area (Å²) in [6.07, 6.45) is 4.30. The van der Waals surface area contributed by atoms with E-state index in [1.807, 2.05) is 38.2 Å². The number of carbonyl (C=O) groups excluding carboxylic acids is 1. The van der Waals surface area contributed by atoms with Gasteiger partial charge in [0.05, 0.1) is 37.6 Å². The molecule has 0 aliphatic carbocycles. The lowest BCUT2D eigenvalue weighted by Crippen LogP contribution is -2.36. The van der Waals surface area contributed by atoms with Crippen LogP contribution in [-0.2, 0) is 11.3 Å². The molecule has 1 aliphatic rings. The lowest BCUT2D eigenvalue weighted by molar-refractivity contribution is 0.103. The van der Waals surface area contributed by atoms with Gasteiger partial charge in [-0.15, -0.1) is 0 Å². The van der Waals surface area contributed by atoms with Crippen LogP contribution in [0.1, 0.15) is 40.4 Å². The van der Waals surface area contributed by atoms with Crippen molar-refractivity contribution in [2.45, 2.75) is 19.9 Å². The number of ether oxygens (including phenoxy) is 1. The van der Waals surface area contributed by atoms with Gasteiger partial charge in [0.25, 0.3) is 5.56 Å². The first-order valence-corrected chi connectivity index (χ1v) is 14.9. The second-order valence-electron chi connectivity index (χ2n) is 10.7. The van der Waals surface area contributed by atoms with Crippen LogP contribution in [0.25, 0.3) is 11.4 Å². The Bertz CT molecular complexity index is 1800. The first-order valence-electron chi connectivity index (χ1n) is 14.9. The van der Waals surface area contributed by atoms with Crippen LogP contribution in [0, 0.1) is 17.1 Å². The second kappa shape index (κ2) is 14.6. The highest BCUT2D eigenvalue weighted by Crippen LogP contribution is 2.25. The molecule has 1 fully saturated rings. The van der Waals surface area contributed by atoms with E-state index >= 15 is 0 Å². The average molecular weight is 607 g/mol. The molecule has 1 aromatic heterocycles. The van der Waals surface area contributed by atoms with Gasteiger partial charge in [-0.1, -0.05) is 25.1 Å². The normalized spacial score (nSPS) is 13.4. The van der Waals surface area contributed by atoms with E-state index in [9.17, 15) is 19.2 Å². The van der Waals surface area contributed by atoms with E-state index in [-0.39, 0.29) is 17.9 Å². The molecule has 4 aromatic rings. The van der Waals surface area contributed by atoms with Crippen LogP contribution in [0.15, 0.2) is 89.5 Å². The van der Waals surface area contributed by atoms with Gasteiger partial charge in [-0.25, -0.2) is 9.37 Å². The summed E-state index contributed by atoms with van der Waals surface area (Å²) >= 11 is 0. The number of carbonyl (C=O) groups is 1. The molecule has 230 valence electrons. The maximum absolute atomic E-state index is 14.1. The number of likely N-dealkylation sites (N-methyl/N-ethyl adjacent to an activating group) is 1. The molecule has 0 spiro atoms. The average Bonchev–Trinajstić information content (AvgIpc) is 3.07. The second-order valence-corrected chi connectivity index (χ2v) is 10.7. The molecule has 10 heteroatoms. The molecule has 2 heterocycles. The van der Waals surface area contributed by atoms with E-state index in [0.717, 1.165) is 17.8 Å². The minimum absolute atomic E-state index is 0.105. The molecule has 5 rings (SSSR count). The number of hydrogen-bond donors (Lipinski definition) is 2. The van der Waals surface area contributed by atoms with Gasteiger partial charge in [-0.2, -0.15) is 5.26 Å². The Morgan fingerprint density at radius 1 is 1.09 bits per heavy atom. The Hall–Kier alpha value is -5.11. The minimum atomic E-state index is -0.422.